The first-order valence-corrected chi connectivity index (χ1v) is 7.02. The van der Waals surface area contributed by atoms with E-state index in [4.69, 9.17) is 14.2 Å². The van der Waals surface area contributed by atoms with Crippen molar-refractivity contribution in [3.63, 3.8) is 0 Å². The number of carbonyl (C=O) groups excluding carboxylic acids is 2. The maximum Gasteiger partial charge on any atom is 0.328 e. The van der Waals surface area contributed by atoms with Gasteiger partial charge in [0.15, 0.2) is 11.4 Å². The second-order valence-corrected chi connectivity index (χ2v) is 4.45. The number of hydrogen-bond acceptors (Lipinski definition) is 9. The lowest BCUT2D eigenvalue weighted by Gasteiger charge is -2.10. The van der Waals surface area contributed by atoms with E-state index in [1.807, 2.05) is 0 Å². The van der Waals surface area contributed by atoms with Gasteiger partial charge in [-0.05, 0) is 12.1 Å². The summed E-state index contributed by atoms with van der Waals surface area (Å²) in [7, 11) is 4.08. The van der Waals surface area contributed by atoms with E-state index in [1.54, 1.807) is 6.07 Å². The lowest BCUT2D eigenvalue weighted by atomic mass is 10.3. The molecule has 0 aliphatic carbocycles. The minimum atomic E-state index is -0.615. The highest BCUT2D eigenvalue weighted by atomic mass is 16.5. The Morgan fingerprint density at radius 1 is 1.12 bits per heavy atom. The van der Waals surface area contributed by atoms with Crippen molar-refractivity contribution in [1.82, 2.24) is 20.3 Å². The van der Waals surface area contributed by atoms with E-state index < -0.39 is 11.9 Å². The van der Waals surface area contributed by atoms with Crippen molar-refractivity contribution < 1.29 is 28.5 Å². The molecule has 0 atom stereocenters. The minimum absolute atomic E-state index is 0.0446. The van der Waals surface area contributed by atoms with Gasteiger partial charge in [-0.25, -0.2) is 4.98 Å². The van der Waals surface area contributed by atoms with E-state index in [-0.39, 0.29) is 35.8 Å². The van der Waals surface area contributed by atoms with Gasteiger partial charge in [0.25, 0.3) is 5.91 Å². The Hall–Kier alpha value is -3.43. The number of pyridine rings is 1. The van der Waals surface area contributed by atoms with Crippen molar-refractivity contribution in [3.8, 4) is 23.5 Å². The summed E-state index contributed by atoms with van der Waals surface area (Å²) in [5, 5.41) is 2.37. The fourth-order valence-corrected chi connectivity index (χ4v) is 1.69. The molecule has 1 amide bonds. The molecule has 2 aromatic heterocycles. The Morgan fingerprint density at radius 3 is 2.40 bits per heavy atom. The summed E-state index contributed by atoms with van der Waals surface area (Å²) in [5.41, 5.74) is -0.0446. The van der Waals surface area contributed by atoms with Gasteiger partial charge < -0.3 is 24.3 Å². The third-order valence-electron chi connectivity index (χ3n) is 2.88. The summed E-state index contributed by atoms with van der Waals surface area (Å²) >= 11 is 0. The molecule has 10 heteroatoms. The van der Waals surface area contributed by atoms with Crippen LogP contribution < -0.4 is 19.5 Å². The third kappa shape index (κ3) is 4.77. The number of amides is 1. The Kier molecular flexibility index (Phi) is 6.04. The molecule has 0 unspecified atom stereocenters. The van der Waals surface area contributed by atoms with E-state index in [0.717, 1.165) is 0 Å². The predicted molar refractivity (Wildman–Crippen MR) is 83.8 cm³/mol. The molecule has 0 aliphatic heterocycles. The highest BCUT2D eigenvalue weighted by Gasteiger charge is 2.17. The van der Waals surface area contributed by atoms with Crippen LogP contribution in [-0.4, -0.2) is 54.7 Å². The molecule has 0 aliphatic rings. The fourth-order valence-electron chi connectivity index (χ4n) is 1.69. The Balaban J connectivity index is 2.23. The molecule has 1 N–H and O–H groups in total. The fraction of sp³-hybridized carbons (Fsp3) is 0.267. The quantitative estimate of drug-likeness (QED) is 0.716. The number of ether oxygens (including phenoxy) is 4. The summed E-state index contributed by atoms with van der Waals surface area (Å²) < 4.78 is 20.1. The van der Waals surface area contributed by atoms with Gasteiger partial charge in [0.05, 0.1) is 27.4 Å². The number of nitrogens with one attached hydrogen (secondary N) is 1. The highest BCUT2D eigenvalue weighted by Crippen LogP contribution is 2.25. The van der Waals surface area contributed by atoms with Crippen LogP contribution in [0, 0.1) is 0 Å². The van der Waals surface area contributed by atoms with Crippen LogP contribution >= 0.6 is 0 Å². The first-order valence-electron chi connectivity index (χ1n) is 7.02. The largest absolute Gasteiger partial charge is 0.481 e. The van der Waals surface area contributed by atoms with Gasteiger partial charge in [0, 0.05) is 6.20 Å². The Labute approximate surface area is 143 Å². The number of hydrogen-bond donors (Lipinski definition) is 1. The topological polar surface area (TPSA) is 122 Å². The molecule has 2 heterocycles. The second kappa shape index (κ2) is 8.43. The van der Waals surface area contributed by atoms with Gasteiger partial charge in [-0.15, -0.1) is 0 Å². The van der Waals surface area contributed by atoms with Gasteiger partial charge in [0.2, 0.25) is 11.8 Å². The molecular formula is C15H16N4O6. The van der Waals surface area contributed by atoms with Gasteiger partial charge in [-0.1, -0.05) is 0 Å². The summed E-state index contributed by atoms with van der Waals surface area (Å²) in [6.07, 6.45) is 1.41. The van der Waals surface area contributed by atoms with Gasteiger partial charge in [-0.3, -0.25) is 9.59 Å². The second-order valence-electron chi connectivity index (χ2n) is 4.45. The molecule has 10 nitrogen and oxygen atoms in total. The van der Waals surface area contributed by atoms with E-state index >= 15 is 0 Å². The average molecular weight is 348 g/mol. The van der Waals surface area contributed by atoms with Crippen LogP contribution in [0.15, 0.2) is 24.4 Å². The van der Waals surface area contributed by atoms with Crippen LogP contribution in [0.4, 0.5) is 0 Å². The number of methoxy groups -OCH3 is 3. The lowest BCUT2D eigenvalue weighted by Crippen LogP contribution is -2.31. The number of aromatic nitrogens is 3. The average Bonchev–Trinajstić information content (AvgIpc) is 2.65. The van der Waals surface area contributed by atoms with E-state index in [2.05, 4.69) is 25.0 Å². The number of rotatable bonds is 7. The van der Waals surface area contributed by atoms with Crippen LogP contribution in [0.3, 0.4) is 0 Å². The molecule has 2 rings (SSSR count). The highest BCUT2D eigenvalue weighted by molar-refractivity contribution is 5.96. The minimum Gasteiger partial charge on any atom is -0.481 e. The number of carbonyl (C=O) groups is 2. The van der Waals surface area contributed by atoms with Crippen molar-refractivity contribution in [2.24, 2.45) is 0 Å². The molecule has 0 bridgehead atoms. The molecule has 2 aromatic rings. The Morgan fingerprint density at radius 2 is 1.80 bits per heavy atom. The van der Waals surface area contributed by atoms with Gasteiger partial charge >= 0.3 is 12.0 Å². The summed E-state index contributed by atoms with van der Waals surface area (Å²) in [6.45, 7) is -0.297. The van der Waals surface area contributed by atoms with Crippen molar-refractivity contribution in [2.45, 2.75) is 0 Å². The van der Waals surface area contributed by atoms with Crippen LogP contribution in [-0.2, 0) is 9.53 Å². The van der Waals surface area contributed by atoms with E-state index in [9.17, 15) is 9.59 Å². The van der Waals surface area contributed by atoms with E-state index in [0.29, 0.717) is 0 Å². The molecule has 0 saturated heterocycles. The molecule has 0 aromatic carbocycles. The summed E-state index contributed by atoms with van der Waals surface area (Å²) in [6, 6.07) is 4.46. The van der Waals surface area contributed by atoms with Crippen molar-refractivity contribution >= 4 is 11.9 Å². The van der Waals surface area contributed by atoms with Crippen LogP contribution in [0.1, 0.15) is 10.5 Å². The molecule has 0 radical (unpaired) electrons. The molecule has 132 valence electrons. The molecule has 25 heavy (non-hydrogen) atoms. The smallest absolute Gasteiger partial charge is 0.328 e. The van der Waals surface area contributed by atoms with Crippen LogP contribution in [0.5, 0.6) is 23.5 Å². The van der Waals surface area contributed by atoms with Crippen molar-refractivity contribution in [3.05, 3.63) is 30.1 Å². The van der Waals surface area contributed by atoms with Crippen LogP contribution in [0.25, 0.3) is 0 Å². The zero-order chi connectivity index (χ0) is 18.2. The number of esters is 1. The first kappa shape index (κ1) is 17.9. The standard InChI is InChI=1S/C15H16N4O6/c1-22-10-7-11(23-2)19-15(18-10)25-9-5-4-6-16-13(9)14(21)17-8-12(20)24-3/h4-7H,8H2,1-3H3,(H,17,21). The molecule has 0 spiro atoms. The monoisotopic (exact) mass is 348 g/mol. The van der Waals surface area contributed by atoms with E-state index in [1.165, 1.54) is 39.7 Å². The molecule has 0 saturated carbocycles. The van der Waals surface area contributed by atoms with Crippen molar-refractivity contribution in [2.75, 3.05) is 27.9 Å². The molecule has 0 fully saturated rings. The first-order chi connectivity index (χ1) is 12.1. The van der Waals surface area contributed by atoms with Gasteiger partial charge in [-0.2, -0.15) is 9.97 Å². The van der Waals surface area contributed by atoms with Gasteiger partial charge in [0.1, 0.15) is 6.54 Å². The van der Waals surface area contributed by atoms with Crippen LogP contribution in [0.2, 0.25) is 0 Å². The zero-order valence-corrected chi connectivity index (χ0v) is 13.8. The zero-order valence-electron chi connectivity index (χ0n) is 13.8. The third-order valence-corrected chi connectivity index (χ3v) is 2.88. The lowest BCUT2D eigenvalue weighted by molar-refractivity contribution is -0.139. The maximum atomic E-state index is 12.2. The number of nitrogens with zero attached hydrogens (tertiary/aromatic N) is 3. The Bertz CT molecular complexity index is 745. The normalized spacial score (nSPS) is 9.88. The summed E-state index contributed by atoms with van der Waals surface area (Å²) in [4.78, 5) is 35.3. The van der Waals surface area contributed by atoms with Crippen molar-refractivity contribution in [1.29, 1.82) is 0 Å². The molecular weight excluding hydrogens is 332 g/mol. The SMILES string of the molecule is COC(=O)CNC(=O)c1ncccc1Oc1nc(OC)cc(OC)n1. The summed E-state index contributed by atoms with van der Waals surface area (Å²) in [5.74, 6) is -0.659. The predicted octanol–water partition coefficient (Wildman–Crippen LogP) is 0.584. The maximum absolute atomic E-state index is 12.2.